The third kappa shape index (κ3) is 5.68. The molecular formula is C14H21NO3. The average Bonchev–Trinajstić information content (AvgIpc) is 2.33. The number of ether oxygens (including phenoxy) is 2. The second kappa shape index (κ2) is 6.40. The molecule has 100 valence electrons. The first kappa shape index (κ1) is 14.5. The molecule has 0 heterocycles. The molecule has 0 atom stereocenters. The molecule has 0 unspecified atom stereocenters. The van der Waals surface area contributed by atoms with Gasteiger partial charge in [-0.05, 0) is 38.5 Å². The summed E-state index contributed by atoms with van der Waals surface area (Å²) in [6, 6.07) is 7.47. The molecule has 0 aromatic heterocycles. The number of hydrogen-bond acceptors (Lipinski definition) is 4. The summed E-state index contributed by atoms with van der Waals surface area (Å²) in [6.45, 7) is 6.49. The average molecular weight is 251 g/mol. The van der Waals surface area contributed by atoms with Crippen LogP contribution in [-0.4, -0.2) is 25.2 Å². The van der Waals surface area contributed by atoms with E-state index >= 15 is 0 Å². The fraction of sp³-hybridized carbons (Fsp3) is 0.500. The second-order valence-electron chi connectivity index (χ2n) is 5.12. The predicted octanol–water partition coefficient (Wildman–Crippen LogP) is 2.13. The van der Waals surface area contributed by atoms with Gasteiger partial charge in [-0.25, -0.2) is 0 Å². The Labute approximate surface area is 108 Å². The summed E-state index contributed by atoms with van der Waals surface area (Å²) in [5.41, 5.74) is 0.827. The number of carbonyl (C=O) groups excluding carboxylic acids is 1. The maximum atomic E-state index is 11.5. The second-order valence-corrected chi connectivity index (χ2v) is 5.12. The van der Waals surface area contributed by atoms with Crippen LogP contribution in [0.15, 0.2) is 24.3 Å². The Bertz CT molecular complexity index is 396. The molecule has 0 bridgehead atoms. The molecule has 0 aliphatic heterocycles. The Morgan fingerprint density at radius 3 is 2.67 bits per heavy atom. The number of esters is 1. The zero-order valence-corrected chi connectivity index (χ0v) is 11.4. The molecule has 0 fully saturated rings. The van der Waals surface area contributed by atoms with Crippen LogP contribution in [0, 0.1) is 0 Å². The molecule has 1 rings (SSSR count). The molecule has 18 heavy (non-hydrogen) atoms. The molecular weight excluding hydrogens is 230 g/mol. The van der Waals surface area contributed by atoms with Crippen molar-refractivity contribution in [3.05, 3.63) is 29.8 Å². The molecule has 0 amide bonds. The summed E-state index contributed by atoms with van der Waals surface area (Å²) >= 11 is 0. The van der Waals surface area contributed by atoms with Crippen LogP contribution in [0.1, 0.15) is 26.3 Å². The Balaban J connectivity index is 2.38. The summed E-state index contributed by atoms with van der Waals surface area (Å²) < 4.78 is 10.3. The number of rotatable bonds is 5. The van der Waals surface area contributed by atoms with Crippen molar-refractivity contribution in [1.29, 1.82) is 0 Å². The lowest BCUT2D eigenvalue weighted by atomic mass is 10.1. The molecule has 1 aromatic rings. The Kier molecular flexibility index (Phi) is 5.16. The van der Waals surface area contributed by atoms with Crippen LogP contribution in [0.3, 0.4) is 0 Å². The van der Waals surface area contributed by atoms with E-state index in [0.717, 1.165) is 11.3 Å². The molecule has 0 radical (unpaired) electrons. The number of carbonyl (C=O) groups is 1. The lowest BCUT2D eigenvalue weighted by molar-refractivity contribution is -0.144. The Hall–Kier alpha value is -1.55. The van der Waals surface area contributed by atoms with E-state index in [4.69, 9.17) is 9.47 Å². The van der Waals surface area contributed by atoms with E-state index in [2.05, 4.69) is 5.32 Å². The third-order valence-corrected chi connectivity index (χ3v) is 2.30. The van der Waals surface area contributed by atoms with Crippen LogP contribution in [-0.2, 0) is 16.1 Å². The van der Waals surface area contributed by atoms with Gasteiger partial charge in [0.1, 0.15) is 12.4 Å². The summed E-state index contributed by atoms with van der Waals surface area (Å²) in [4.78, 5) is 11.5. The standard InChI is InChI=1S/C14H21NO3/c1-14(2,3)15-9-13(16)18-10-11-6-5-7-12(8-11)17-4/h5-8,15H,9-10H2,1-4H3. The van der Waals surface area contributed by atoms with Crippen molar-refractivity contribution in [2.45, 2.75) is 32.9 Å². The van der Waals surface area contributed by atoms with E-state index < -0.39 is 0 Å². The van der Waals surface area contributed by atoms with E-state index in [1.807, 2.05) is 45.0 Å². The first-order valence-corrected chi connectivity index (χ1v) is 5.94. The number of benzene rings is 1. The van der Waals surface area contributed by atoms with Crippen molar-refractivity contribution in [2.24, 2.45) is 0 Å². The summed E-state index contributed by atoms with van der Waals surface area (Å²) in [5.74, 6) is 0.504. The van der Waals surface area contributed by atoms with Crippen molar-refractivity contribution in [3.8, 4) is 5.75 Å². The van der Waals surface area contributed by atoms with Gasteiger partial charge < -0.3 is 14.8 Å². The Morgan fingerprint density at radius 1 is 1.33 bits per heavy atom. The fourth-order valence-corrected chi connectivity index (χ4v) is 1.31. The van der Waals surface area contributed by atoms with Gasteiger partial charge in [0, 0.05) is 5.54 Å². The minimum atomic E-state index is -0.257. The van der Waals surface area contributed by atoms with Gasteiger partial charge in [0.15, 0.2) is 0 Å². The fourth-order valence-electron chi connectivity index (χ4n) is 1.31. The lowest BCUT2D eigenvalue weighted by Crippen LogP contribution is -2.39. The molecule has 0 aliphatic carbocycles. The highest BCUT2D eigenvalue weighted by molar-refractivity contribution is 5.71. The zero-order chi connectivity index (χ0) is 13.6. The van der Waals surface area contributed by atoms with Crippen molar-refractivity contribution < 1.29 is 14.3 Å². The van der Waals surface area contributed by atoms with Gasteiger partial charge >= 0.3 is 5.97 Å². The van der Waals surface area contributed by atoms with E-state index in [9.17, 15) is 4.79 Å². The highest BCUT2D eigenvalue weighted by atomic mass is 16.5. The van der Waals surface area contributed by atoms with Gasteiger partial charge in [0.05, 0.1) is 13.7 Å². The third-order valence-electron chi connectivity index (χ3n) is 2.30. The van der Waals surface area contributed by atoms with Crippen molar-refractivity contribution in [3.63, 3.8) is 0 Å². The Morgan fingerprint density at radius 2 is 2.06 bits per heavy atom. The number of methoxy groups -OCH3 is 1. The molecule has 1 N–H and O–H groups in total. The molecule has 0 spiro atoms. The molecule has 0 saturated carbocycles. The van der Waals surface area contributed by atoms with Gasteiger partial charge in [-0.2, -0.15) is 0 Å². The van der Waals surface area contributed by atoms with E-state index in [1.54, 1.807) is 7.11 Å². The van der Waals surface area contributed by atoms with Gasteiger partial charge in [-0.1, -0.05) is 12.1 Å². The minimum absolute atomic E-state index is 0.0883. The molecule has 4 heteroatoms. The normalized spacial score (nSPS) is 11.1. The highest BCUT2D eigenvalue weighted by Crippen LogP contribution is 2.13. The first-order valence-electron chi connectivity index (χ1n) is 5.94. The van der Waals surface area contributed by atoms with E-state index in [0.29, 0.717) is 0 Å². The maximum Gasteiger partial charge on any atom is 0.320 e. The van der Waals surface area contributed by atoms with Crippen molar-refractivity contribution in [2.75, 3.05) is 13.7 Å². The van der Waals surface area contributed by atoms with Crippen molar-refractivity contribution >= 4 is 5.97 Å². The van der Waals surface area contributed by atoms with Crippen LogP contribution in [0.25, 0.3) is 0 Å². The molecule has 1 aromatic carbocycles. The monoisotopic (exact) mass is 251 g/mol. The summed E-state index contributed by atoms with van der Waals surface area (Å²) in [7, 11) is 1.61. The van der Waals surface area contributed by atoms with Crippen LogP contribution in [0.4, 0.5) is 0 Å². The quantitative estimate of drug-likeness (QED) is 0.814. The highest BCUT2D eigenvalue weighted by Gasteiger charge is 2.12. The number of nitrogens with one attached hydrogen (secondary N) is 1. The smallest absolute Gasteiger partial charge is 0.320 e. The molecule has 4 nitrogen and oxygen atoms in total. The molecule has 0 saturated heterocycles. The zero-order valence-electron chi connectivity index (χ0n) is 11.4. The SMILES string of the molecule is COc1cccc(COC(=O)CNC(C)(C)C)c1. The number of hydrogen-bond donors (Lipinski definition) is 1. The lowest BCUT2D eigenvalue weighted by Gasteiger charge is -2.19. The molecule has 0 aliphatic rings. The summed E-state index contributed by atoms with van der Waals surface area (Å²) in [5, 5.41) is 3.08. The van der Waals surface area contributed by atoms with Gasteiger partial charge in [0.25, 0.3) is 0 Å². The van der Waals surface area contributed by atoms with Crippen LogP contribution in [0.5, 0.6) is 5.75 Å². The van der Waals surface area contributed by atoms with Crippen LogP contribution >= 0.6 is 0 Å². The minimum Gasteiger partial charge on any atom is -0.497 e. The summed E-state index contributed by atoms with van der Waals surface area (Å²) in [6.07, 6.45) is 0. The topological polar surface area (TPSA) is 47.6 Å². The van der Waals surface area contributed by atoms with Crippen LogP contribution < -0.4 is 10.1 Å². The van der Waals surface area contributed by atoms with Gasteiger partial charge in [-0.15, -0.1) is 0 Å². The maximum absolute atomic E-state index is 11.5. The van der Waals surface area contributed by atoms with Gasteiger partial charge in [-0.3, -0.25) is 4.79 Å². The van der Waals surface area contributed by atoms with Crippen LogP contribution in [0.2, 0.25) is 0 Å². The van der Waals surface area contributed by atoms with E-state index in [1.165, 1.54) is 0 Å². The predicted molar refractivity (Wildman–Crippen MR) is 70.5 cm³/mol. The van der Waals surface area contributed by atoms with E-state index in [-0.39, 0.29) is 24.7 Å². The largest absolute Gasteiger partial charge is 0.497 e. The first-order chi connectivity index (χ1) is 8.40. The van der Waals surface area contributed by atoms with Crippen molar-refractivity contribution in [1.82, 2.24) is 5.32 Å². The van der Waals surface area contributed by atoms with Gasteiger partial charge in [0.2, 0.25) is 0 Å².